The Morgan fingerprint density at radius 2 is 2.06 bits per heavy atom. The number of aromatic carboxylic acids is 1. The van der Waals surface area contributed by atoms with Crippen LogP contribution in [-0.2, 0) is 0 Å². The second-order valence-electron chi connectivity index (χ2n) is 3.18. The second-order valence-corrected chi connectivity index (χ2v) is 3.58. The molecule has 0 aliphatic heterocycles. The van der Waals surface area contributed by atoms with E-state index in [9.17, 15) is 9.18 Å². The molecule has 2 aromatic rings. The molecule has 0 radical (unpaired) electrons. The fourth-order valence-electron chi connectivity index (χ4n) is 1.29. The molecule has 0 unspecified atom stereocenters. The number of carboxylic acids is 1. The van der Waals surface area contributed by atoms with Crippen LogP contribution in [0.5, 0.6) is 0 Å². The van der Waals surface area contributed by atoms with Crippen molar-refractivity contribution in [2.75, 3.05) is 0 Å². The van der Waals surface area contributed by atoms with Gasteiger partial charge in [0.25, 0.3) is 0 Å². The van der Waals surface area contributed by atoms with Gasteiger partial charge < -0.3 is 5.11 Å². The maximum Gasteiger partial charge on any atom is 0.356 e. The molecule has 6 heteroatoms. The summed E-state index contributed by atoms with van der Waals surface area (Å²) in [4.78, 5) is 18.3. The molecule has 1 aromatic carbocycles. The maximum atomic E-state index is 13.4. The minimum absolute atomic E-state index is 0.00935. The van der Waals surface area contributed by atoms with Crippen LogP contribution >= 0.6 is 11.6 Å². The number of nitrogens with zero attached hydrogens (tertiary/aromatic N) is 2. The highest BCUT2D eigenvalue weighted by molar-refractivity contribution is 6.33. The normalized spacial score (nSPS) is 10.2. The molecule has 2 rings (SSSR count). The lowest BCUT2D eigenvalue weighted by Crippen LogP contribution is -2.04. The van der Waals surface area contributed by atoms with Crippen LogP contribution in [0.2, 0.25) is 5.02 Å². The maximum absolute atomic E-state index is 13.4. The number of carboxylic acid groups (broad SMARTS) is 1. The number of hydrogen-bond acceptors (Lipinski definition) is 3. The molecule has 0 aliphatic rings. The van der Waals surface area contributed by atoms with Crippen LogP contribution in [0.25, 0.3) is 11.4 Å². The predicted octanol–water partition coefficient (Wildman–Crippen LogP) is 2.63. The second kappa shape index (κ2) is 4.47. The molecule has 0 amide bonds. The Kier molecular flexibility index (Phi) is 3.01. The third kappa shape index (κ3) is 2.24. The molecule has 4 nitrogen and oxygen atoms in total. The average molecular weight is 253 g/mol. The van der Waals surface area contributed by atoms with E-state index in [1.54, 1.807) is 6.07 Å². The Labute approximate surface area is 101 Å². The van der Waals surface area contributed by atoms with Crippen molar-refractivity contribution in [3.8, 4) is 11.4 Å². The van der Waals surface area contributed by atoms with Crippen molar-refractivity contribution in [1.82, 2.24) is 9.97 Å². The van der Waals surface area contributed by atoms with Gasteiger partial charge in [-0.2, -0.15) is 0 Å². The lowest BCUT2D eigenvalue weighted by Gasteiger charge is -2.03. The van der Waals surface area contributed by atoms with Gasteiger partial charge in [0.2, 0.25) is 0 Å². The van der Waals surface area contributed by atoms with Crippen molar-refractivity contribution in [1.29, 1.82) is 0 Å². The van der Waals surface area contributed by atoms with E-state index in [0.717, 1.165) is 6.20 Å². The van der Waals surface area contributed by atoms with Crippen LogP contribution in [0.3, 0.4) is 0 Å². The van der Waals surface area contributed by atoms with E-state index in [0.29, 0.717) is 0 Å². The fourth-order valence-corrected chi connectivity index (χ4v) is 1.46. The van der Waals surface area contributed by atoms with Crippen LogP contribution in [-0.4, -0.2) is 21.0 Å². The largest absolute Gasteiger partial charge is 0.476 e. The van der Waals surface area contributed by atoms with E-state index >= 15 is 0 Å². The minimum atomic E-state index is -1.28. The van der Waals surface area contributed by atoms with Crippen molar-refractivity contribution < 1.29 is 14.3 Å². The topological polar surface area (TPSA) is 63.1 Å². The minimum Gasteiger partial charge on any atom is -0.476 e. The first-order chi connectivity index (χ1) is 8.09. The Hall–Kier alpha value is -2.01. The highest BCUT2D eigenvalue weighted by Gasteiger charge is 2.15. The van der Waals surface area contributed by atoms with Gasteiger partial charge in [-0.25, -0.2) is 19.2 Å². The molecule has 0 fully saturated rings. The molecule has 0 spiro atoms. The van der Waals surface area contributed by atoms with Crippen molar-refractivity contribution in [3.63, 3.8) is 0 Å². The van der Waals surface area contributed by atoms with Gasteiger partial charge in [-0.15, -0.1) is 0 Å². The molecule has 0 saturated carbocycles. The van der Waals surface area contributed by atoms with Gasteiger partial charge in [-0.3, -0.25) is 0 Å². The monoisotopic (exact) mass is 252 g/mol. The summed E-state index contributed by atoms with van der Waals surface area (Å²) >= 11 is 5.62. The van der Waals surface area contributed by atoms with Gasteiger partial charge >= 0.3 is 5.97 Å². The first-order valence-electron chi connectivity index (χ1n) is 4.60. The zero-order chi connectivity index (χ0) is 12.4. The van der Waals surface area contributed by atoms with Crippen LogP contribution < -0.4 is 0 Å². The van der Waals surface area contributed by atoms with Crippen LogP contribution in [0.4, 0.5) is 4.39 Å². The van der Waals surface area contributed by atoms with Crippen molar-refractivity contribution in [3.05, 3.63) is 47.0 Å². The molecule has 17 heavy (non-hydrogen) atoms. The number of rotatable bonds is 2. The molecular formula is C11H6ClFN2O2. The molecule has 0 saturated heterocycles. The summed E-state index contributed by atoms with van der Waals surface area (Å²) in [5, 5.41) is 8.75. The zero-order valence-corrected chi connectivity index (χ0v) is 9.15. The summed E-state index contributed by atoms with van der Waals surface area (Å²) in [6, 6.07) is 5.83. The lowest BCUT2D eigenvalue weighted by atomic mass is 10.2. The van der Waals surface area contributed by atoms with Crippen LogP contribution in [0.1, 0.15) is 10.5 Å². The summed E-state index contributed by atoms with van der Waals surface area (Å²) in [6.07, 6.45) is 1.14. The molecule has 86 valence electrons. The molecule has 0 bridgehead atoms. The van der Waals surface area contributed by atoms with Crippen LogP contribution in [0, 0.1) is 5.82 Å². The number of benzene rings is 1. The van der Waals surface area contributed by atoms with Gasteiger partial charge in [-0.05, 0) is 12.1 Å². The fraction of sp³-hybridized carbons (Fsp3) is 0. The predicted molar refractivity (Wildman–Crippen MR) is 59.4 cm³/mol. The molecule has 0 atom stereocenters. The number of halogens is 2. The van der Waals surface area contributed by atoms with E-state index in [-0.39, 0.29) is 22.1 Å². The smallest absolute Gasteiger partial charge is 0.356 e. The molecule has 1 heterocycles. The number of aromatic nitrogens is 2. The number of carbonyl (C=O) groups is 1. The van der Waals surface area contributed by atoms with E-state index in [2.05, 4.69) is 9.97 Å². The van der Waals surface area contributed by atoms with Crippen molar-refractivity contribution >= 4 is 17.6 Å². The highest BCUT2D eigenvalue weighted by atomic mass is 35.5. The standard InChI is InChI=1S/C11H6ClFN2O2/c12-7-5-14-10(15-9(7)11(16)17)6-3-1-2-4-8(6)13/h1-5H,(H,16,17). The third-order valence-corrected chi connectivity index (χ3v) is 2.34. The summed E-state index contributed by atoms with van der Waals surface area (Å²) < 4.78 is 13.4. The van der Waals surface area contributed by atoms with Gasteiger partial charge in [0.05, 0.1) is 16.8 Å². The Morgan fingerprint density at radius 3 is 2.71 bits per heavy atom. The Morgan fingerprint density at radius 1 is 1.35 bits per heavy atom. The Bertz CT molecular complexity index is 589. The van der Waals surface area contributed by atoms with Crippen molar-refractivity contribution in [2.24, 2.45) is 0 Å². The first kappa shape index (κ1) is 11.5. The molecule has 0 aliphatic carbocycles. The SMILES string of the molecule is O=C(O)c1nc(-c2ccccc2F)ncc1Cl. The van der Waals surface area contributed by atoms with Gasteiger partial charge in [0, 0.05) is 0 Å². The summed E-state index contributed by atoms with van der Waals surface area (Å²) in [5.41, 5.74) is -0.216. The van der Waals surface area contributed by atoms with Crippen molar-refractivity contribution in [2.45, 2.75) is 0 Å². The van der Waals surface area contributed by atoms with Gasteiger partial charge in [-0.1, -0.05) is 23.7 Å². The quantitative estimate of drug-likeness (QED) is 0.892. The average Bonchev–Trinajstić information content (AvgIpc) is 2.30. The third-order valence-electron chi connectivity index (χ3n) is 2.06. The van der Waals surface area contributed by atoms with E-state index in [4.69, 9.17) is 16.7 Å². The summed E-state index contributed by atoms with van der Waals surface area (Å²) in [5.74, 6) is -1.81. The molecule has 1 N–H and O–H groups in total. The van der Waals surface area contributed by atoms with E-state index in [1.807, 2.05) is 0 Å². The highest BCUT2D eigenvalue weighted by Crippen LogP contribution is 2.21. The van der Waals surface area contributed by atoms with Gasteiger partial charge in [0.15, 0.2) is 11.5 Å². The lowest BCUT2D eigenvalue weighted by molar-refractivity contribution is 0.0690. The van der Waals surface area contributed by atoms with E-state index < -0.39 is 11.8 Å². The summed E-state index contributed by atoms with van der Waals surface area (Å²) in [6.45, 7) is 0. The molecular weight excluding hydrogens is 247 g/mol. The number of hydrogen-bond donors (Lipinski definition) is 1. The molecule has 1 aromatic heterocycles. The first-order valence-corrected chi connectivity index (χ1v) is 4.98. The summed E-state index contributed by atoms with van der Waals surface area (Å²) in [7, 11) is 0. The van der Waals surface area contributed by atoms with E-state index in [1.165, 1.54) is 18.2 Å². The Balaban J connectivity index is 2.58. The van der Waals surface area contributed by atoms with Gasteiger partial charge in [0.1, 0.15) is 5.82 Å². The zero-order valence-electron chi connectivity index (χ0n) is 8.39. The van der Waals surface area contributed by atoms with Crippen LogP contribution in [0.15, 0.2) is 30.5 Å².